The summed E-state index contributed by atoms with van der Waals surface area (Å²) in [5.74, 6) is -1.39. The van der Waals surface area contributed by atoms with E-state index < -0.39 is 32.4 Å². The molecule has 0 bridgehead atoms. The Morgan fingerprint density at radius 2 is 1.92 bits per heavy atom. The van der Waals surface area contributed by atoms with Gasteiger partial charge in [0.2, 0.25) is 5.79 Å². The molecule has 0 aromatic rings. The third kappa shape index (κ3) is 2.90. The number of epoxide rings is 1. The van der Waals surface area contributed by atoms with Gasteiger partial charge in [0.15, 0.2) is 25.8 Å². The molecule has 2 saturated heterocycles. The molecule has 0 saturated carbocycles. The van der Waals surface area contributed by atoms with Gasteiger partial charge in [-0.2, -0.15) is 0 Å². The van der Waals surface area contributed by atoms with Crippen LogP contribution in [0.15, 0.2) is 10.1 Å². The minimum absolute atomic E-state index is 0.0283. The third-order valence-electron chi connectivity index (χ3n) is 5.81. The number of fused-ring (bicyclic) bond motifs is 2. The molecule has 0 radical (unpaired) electrons. The zero-order chi connectivity index (χ0) is 18.7. The van der Waals surface area contributed by atoms with Gasteiger partial charge in [0.25, 0.3) is 0 Å². The minimum Gasteiger partial charge on any atom is -0.412 e. The normalized spacial score (nSPS) is 32.1. The average Bonchev–Trinajstić information content (AvgIpc) is 3.30. The van der Waals surface area contributed by atoms with E-state index in [-0.39, 0.29) is 17.4 Å². The van der Waals surface area contributed by atoms with E-state index in [1.54, 1.807) is 0 Å². The van der Waals surface area contributed by atoms with Crippen LogP contribution in [0.25, 0.3) is 0 Å². The largest absolute Gasteiger partial charge is 0.412 e. The fourth-order valence-electron chi connectivity index (χ4n) is 3.03. The smallest absolute Gasteiger partial charge is 0.232 e. The predicted octanol–water partition coefficient (Wildman–Crippen LogP) is 2.50. The fraction of sp³-hybridized carbons (Fsp3) is 0.824. The minimum atomic E-state index is -2.04. The number of carbonyl (C=O) groups excluding carboxylic acids is 1. The number of hydrogen-bond acceptors (Lipinski definition) is 6. The Morgan fingerprint density at radius 3 is 2.44 bits per heavy atom. The van der Waals surface area contributed by atoms with Crippen LogP contribution in [0.2, 0.25) is 18.1 Å². The van der Waals surface area contributed by atoms with Crippen LogP contribution in [-0.2, 0) is 23.4 Å². The molecule has 1 aliphatic carbocycles. The first-order chi connectivity index (χ1) is 11.5. The lowest BCUT2D eigenvalue weighted by Crippen LogP contribution is -2.55. The van der Waals surface area contributed by atoms with Crippen LogP contribution < -0.4 is 0 Å². The molecule has 8 heteroatoms. The van der Waals surface area contributed by atoms with Gasteiger partial charge in [0.05, 0.1) is 30.9 Å². The van der Waals surface area contributed by atoms with Gasteiger partial charge < -0.3 is 23.7 Å². The summed E-state index contributed by atoms with van der Waals surface area (Å²) in [6.07, 6.45) is 0.161. The molecule has 2 heterocycles. The molecule has 25 heavy (non-hydrogen) atoms. The standard InChI is InChI=1S/C17H27BrO6Si/c1-15(2,3)25(4,5)23-9-11-12(18)17(21-7-6-8-22-17)14-16(10-19,24-14)13(11)20/h14,19H,6-10H2,1-5H3/t14-,16-/m1/s1. The Labute approximate surface area is 158 Å². The lowest BCUT2D eigenvalue weighted by molar-refractivity contribution is -0.249. The highest BCUT2D eigenvalue weighted by atomic mass is 79.9. The van der Waals surface area contributed by atoms with Gasteiger partial charge in [-0.15, -0.1) is 0 Å². The van der Waals surface area contributed by atoms with E-state index in [4.69, 9.17) is 18.6 Å². The van der Waals surface area contributed by atoms with Crippen molar-refractivity contribution in [1.82, 2.24) is 0 Å². The highest BCUT2D eigenvalue weighted by Gasteiger charge is 2.76. The molecule has 6 nitrogen and oxygen atoms in total. The summed E-state index contributed by atoms with van der Waals surface area (Å²) < 4.78 is 24.3. The summed E-state index contributed by atoms with van der Waals surface area (Å²) in [6, 6.07) is 0. The lowest BCUT2D eigenvalue weighted by Gasteiger charge is -2.41. The van der Waals surface area contributed by atoms with Gasteiger partial charge >= 0.3 is 0 Å². The molecule has 0 aromatic heterocycles. The van der Waals surface area contributed by atoms with Crippen LogP contribution in [-0.4, -0.2) is 63.1 Å². The second kappa shape index (κ2) is 6.22. The molecule has 1 spiro atoms. The van der Waals surface area contributed by atoms with Crippen LogP contribution >= 0.6 is 15.9 Å². The van der Waals surface area contributed by atoms with Crippen LogP contribution in [0.4, 0.5) is 0 Å². The first-order valence-corrected chi connectivity index (χ1v) is 12.4. The van der Waals surface area contributed by atoms with Crippen molar-refractivity contribution >= 4 is 30.0 Å². The Hall–Kier alpha value is -0.0931. The summed E-state index contributed by atoms with van der Waals surface area (Å²) in [5.41, 5.74) is -0.824. The van der Waals surface area contributed by atoms with Gasteiger partial charge in [-0.05, 0) is 40.5 Å². The molecule has 2 atom stereocenters. The van der Waals surface area contributed by atoms with E-state index >= 15 is 0 Å². The number of rotatable bonds is 4. The summed E-state index contributed by atoms with van der Waals surface area (Å²) in [6.45, 7) is 11.5. The van der Waals surface area contributed by atoms with Crippen molar-refractivity contribution in [1.29, 1.82) is 0 Å². The maximum Gasteiger partial charge on any atom is 0.232 e. The average molecular weight is 435 g/mol. The number of ketones is 1. The molecular formula is C17H27BrO6Si. The lowest BCUT2D eigenvalue weighted by atomic mass is 9.84. The summed E-state index contributed by atoms with van der Waals surface area (Å²) in [4.78, 5) is 13.0. The molecule has 2 aliphatic heterocycles. The number of ether oxygens (including phenoxy) is 3. The molecular weight excluding hydrogens is 408 g/mol. The van der Waals surface area contributed by atoms with E-state index in [0.29, 0.717) is 23.3 Å². The van der Waals surface area contributed by atoms with Crippen LogP contribution in [0, 0.1) is 0 Å². The number of halogens is 1. The van der Waals surface area contributed by atoms with E-state index in [2.05, 4.69) is 49.8 Å². The molecule has 0 amide bonds. The number of aliphatic hydroxyl groups excluding tert-OH is 1. The van der Waals surface area contributed by atoms with Crippen molar-refractivity contribution < 1.29 is 28.5 Å². The summed E-state index contributed by atoms with van der Waals surface area (Å²) in [5, 5.41) is 9.84. The van der Waals surface area contributed by atoms with E-state index in [0.717, 1.165) is 6.42 Å². The summed E-state index contributed by atoms with van der Waals surface area (Å²) in [7, 11) is -2.04. The Bertz CT molecular complexity index is 605. The molecule has 0 aromatic carbocycles. The predicted molar refractivity (Wildman–Crippen MR) is 98.1 cm³/mol. The van der Waals surface area contributed by atoms with Gasteiger partial charge in [-0.1, -0.05) is 20.8 Å². The zero-order valence-corrected chi connectivity index (χ0v) is 18.1. The fourth-order valence-corrected chi connectivity index (χ4v) is 4.70. The molecule has 0 unspecified atom stereocenters. The monoisotopic (exact) mass is 434 g/mol. The molecule has 1 N–H and O–H groups in total. The quantitative estimate of drug-likeness (QED) is 0.540. The second-order valence-electron chi connectivity index (χ2n) is 8.43. The second-order valence-corrected chi connectivity index (χ2v) is 14.0. The van der Waals surface area contributed by atoms with Gasteiger partial charge in [0, 0.05) is 5.57 Å². The van der Waals surface area contributed by atoms with Gasteiger partial charge in [0.1, 0.15) is 0 Å². The van der Waals surface area contributed by atoms with Crippen molar-refractivity contribution in [3.8, 4) is 0 Å². The number of hydrogen-bond donors (Lipinski definition) is 1. The van der Waals surface area contributed by atoms with Crippen molar-refractivity contribution in [2.75, 3.05) is 26.4 Å². The third-order valence-corrected chi connectivity index (χ3v) is 11.3. The Kier molecular flexibility index (Phi) is 4.89. The van der Waals surface area contributed by atoms with E-state index in [9.17, 15) is 9.90 Å². The van der Waals surface area contributed by atoms with Crippen LogP contribution in [0.1, 0.15) is 27.2 Å². The molecule has 2 fully saturated rings. The van der Waals surface area contributed by atoms with Crippen molar-refractivity contribution in [3.05, 3.63) is 10.1 Å². The first-order valence-electron chi connectivity index (χ1n) is 8.66. The maximum atomic E-state index is 13.0. The number of aliphatic hydroxyl groups is 1. The Balaban J connectivity index is 1.93. The van der Waals surface area contributed by atoms with Crippen LogP contribution in [0.5, 0.6) is 0 Å². The highest BCUT2D eigenvalue weighted by Crippen LogP contribution is 2.57. The van der Waals surface area contributed by atoms with Crippen molar-refractivity contribution in [2.24, 2.45) is 0 Å². The number of Topliss-reactive ketones (excluding diaryl/α,β-unsaturated/α-hetero) is 1. The number of carbonyl (C=O) groups is 1. The van der Waals surface area contributed by atoms with Gasteiger partial charge in [-0.25, -0.2) is 0 Å². The van der Waals surface area contributed by atoms with E-state index in [1.807, 2.05) is 0 Å². The topological polar surface area (TPSA) is 77.5 Å². The van der Waals surface area contributed by atoms with Crippen molar-refractivity contribution in [2.45, 2.75) is 62.8 Å². The van der Waals surface area contributed by atoms with Crippen LogP contribution in [0.3, 0.4) is 0 Å². The SMILES string of the molecule is CC(C)(C)[Si](C)(C)OCC1=C(Br)C2(OCCCO2)[C@@H]2O[C@]2(CO)C1=O. The molecule has 3 aliphatic rings. The highest BCUT2D eigenvalue weighted by molar-refractivity contribution is 9.11. The van der Waals surface area contributed by atoms with Gasteiger partial charge in [-0.3, -0.25) is 4.79 Å². The first kappa shape index (κ1) is 19.7. The maximum absolute atomic E-state index is 13.0. The van der Waals surface area contributed by atoms with Crippen molar-refractivity contribution in [3.63, 3.8) is 0 Å². The molecule has 3 rings (SSSR count). The zero-order valence-electron chi connectivity index (χ0n) is 15.5. The Morgan fingerprint density at radius 1 is 1.32 bits per heavy atom. The molecule has 142 valence electrons. The van der Waals surface area contributed by atoms with E-state index in [1.165, 1.54) is 0 Å². The summed E-state index contributed by atoms with van der Waals surface area (Å²) >= 11 is 3.54.